The fourth-order valence-corrected chi connectivity index (χ4v) is 5.76. The summed E-state index contributed by atoms with van der Waals surface area (Å²) in [7, 11) is 1.62. The van der Waals surface area contributed by atoms with Crippen molar-refractivity contribution in [3.63, 3.8) is 0 Å². The van der Waals surface area contributed by atoms with Gasteiger partial charge in [-0.3, -0.25) is 19.5 Å². The topological polar surface area (TPSA) is 102 Å². The van der Waals surface area contributed by atoms with Gasteiger partial charge in [-0.15, -0.1) is 11.3 Å². The molecule has 0 bridgehead atoms. The van der Waals surface area contributed by atoms with Crippen LogP contribution in [0.15, 0.2) is 16.0 Å². The Balaban J connectivity index is 1.66. The number of nitrogens with one attached hydrogen (secondary N) is 2. The normalized spacial score (nSPS) is 18.6. The molecule has 3 rings (SSSR count). The molecule has 10 heteroatoms. The Morgan fingerprint density at radius 2 is 2.12 bits per heavy atom. The Labute approximate surface area is 196 Å². The van der Waals surface area contributed by atoms with Crippen molar-refractivity contribution in [1.29, 1.82) is 0 Å². The molecule has 2 heterocycles. The summed E-state index contributed by atoms with van der Waals surface area (Å²) in [5.41, 5.74) is -0.103. The van der Waals surface area contributed by atoms with Crippen molar-refractivity contribution in [1.82, 2.24) is 20.2 Å². The average Bonchev–Trinajstić information content (AvgIpc) is 3.19. The lowest BCUT2D eigenvalue weighted by Gasteiger charge is -2.29. The van der Waals surface area contributed by atoms with Crippen LogP contribution < -0.4 is 16.2 Å². The van der Waals surface area contributed by atoms with Gasteiger partial charge in [-0.1, -0.05) is 38.5 Å². The molecular formula is C22H32N4O4S2. The SMILES string of the molecule is CCc1cc2c(=O)n(CCCOC)c(SCC(=O)NC(=O)N[C@H]3CCCC[C@H]3C)nc2s1. The van der Waals surface area contributed by atoms with E-state index in [1.54, 1.807) is 11.7 Å². The monoisotopic (exact) mass is 480 g/mol. The quantitative estimate of drug-likeness (QED) is 0.323. The second-order valence-corrected chi connectivity index (χ2v) is 10.2. The highest BCUT2D eigenvalue weighted by Gasteiger charge is 2.23. The maximum atomic E-state index is 13.1. The fourth-order valence-electron chi connectivity index (χ4n) is 3.92. The summed E-state index contributed by atoms with van der Waals surface area (Å²) in [6, 6.07) is 1.55. The van der Waals surface area contributed by atoms with Gasteiger partial charge < -0.3 is 10.1 Å². The van der Waals surface area contributed by atoms with Gasteiger partial charge in [0.2, 0.25) is 5.91 Å². The van der Waals surface area contributed by atoms with Crippen LogP contribution in [0.5, 0.6) is 0 Å². The number of nitrogens with zero attached hydrogens (tertiary/aromatic N) is 2. The number of hydrogen-bond donors (Lipinski definition) is 2. The van der Waals surface area contributed by atoms with Crippen molar-refractivity contribution in [2.45, 2.75) is 70.1 Å². The maximum Gasteiger partial charge on any atom is 0.321 e. The number of methoxy groups -OCH3 is 1. The average molecular weight is 481 g/mol. The largest absolute Gasteiger partial charge is 0.385 e. The van der Waals surface area contributed by atoms with Crippen LogP contribution in [0, 0.1) is 5.92 Å². The zero-order chi connectivity index (χ0) is 23.1. The van der Waals surface area contributed by atoms with Crippen LogP contribution in [0.1, 0.15) is 50.8 Å². The molecule has 1 saturated carbocycles. The van der Waals surface area contributed by atoms with Gasteiger partial charge in [-0.25, -0.2) is 9.78 Å². The first-order valence-electron chi connectivity index (χ1n) is 11.2. The Bertz CT molecular complexity index is 1000. The number of aryl methyl sites for hydroxylation is 1. The number of urea groups is 1. The molecular weight excluding hydrogens is 448 g/mol. The van der Waals surface area contributed by atoms with E-state index in [1.165, 1.54) is 29.5 Å². The molecule has 0 spiro atoms. The van der Waals surface area contributed by atoms with E-state index >= 15 is 0 Å². The minimum atomic E-state index is -0.457. The van der Waals surface area contributed by atoms with Crippen LogP contribution in [-0.4, -0.2) is 47.0 Å². The number of thioether (sulfide) groups is 1. The zero-order valence-electron chi connectivity index (χ0n) is 18.9. The molecule has 0 aliphatic heterocycles. The summed E-state index contributed by atoms with van der Waals surface area (Å²) in [5.74, 6) is 0.00595. The number of rotatable bonds is 9. The van der Waals surface area contributed by atoms with Gasteiger partial charge >= 0.3 is 6.03 Å². The van der Waals surface area contributed by atoms with Gasteiger partial charge in [0.25, 0.3) is 5.56 Å². The van der Waals surface area contributed by atoms with E-state index in [1.807, 2.05) is 13.0 Å². The molecule has 176 valence electrons. The van der Waals surface area contributed by atoms with Gasteiger partial charge in [0.15, 0.2) is 5.16 Å². The van der Waals surface area contributed by atoms with Crippen LogP contribution in [0.4, 0.5) is 4.79 Å². The molecule has 2 N–H and O–H groups in total. The number of aromatic nitrogens is 2. The third kappa shape index (κ3) is 6.32. The minimum absolute atomic E-state index is 0.00186. The van der Waals surface area contributed by atoms with Crippen LogP contribution in [0.3, 0.4) is 0 Å². The van der Waals surface area contributed by atoms with Gasteiger partial charge in [-0.2, -0.15) is 0 Å². The lowest BCUT2D eigenvalue weighted by atomic mass is 9.86. The summed E-state index contributed by atoms with van der Waals surface area (Å²) in [4.78, 5) is 44.1. The number of imide groups is 1. The van der Waals surface area contributed by atoms with E-state index in [-0.39, 0.29) is 17.4 Å². The van der Waals surface area contributed by atoms with E-state index in [0.29, 0.717) is 40.9 Å². The van der Waals surface area contributed by atoms with E-state index in [2.05, 4.69) is 22.5 Å². The first kappa shape index (κ1) is 24.7. The van der Waals surface area contributed by atoms with E-state index in [9.17, 15) is 14.4 Å². The molecule has 32 heavy (non-hydrogen) atoms. The molecule has 8 nitrogen and oxygen atoms in total. The van der Waals surface area contributed by atoms with Crippen molar-refractivity contribution in [3.8, 4) is 0 Å². The second-order valence-electron chi connectivity index (χ2n) is 8.16. The van der Waals surface area contributed by atoms with Gasteiger partial charge in [-0.05, 0) is 37.7 Å². The summed E-state index contributed by atoms with van der Waals surface area (Å²) >= 11 is 2.67. The molecule has 2 atom stereocenters. The third-order valence-electron chi connectivity index (χ3n) is 5.76. The molecule has 1 aliphatic rings. The molecule has 0 radical (unpaired) electrons. The zero-order valence-corrected chi connectivity index (χ0v) is 20.6. The van der Waals surface area contributed by atoms with Crippen LogP contribution >= 0.6 is 23.1 Å². The predicted octanol–water partition coefficient (Wildman–Crippen LogP) is 3.55. The molecule has 2 aromatic heterocycles. The molecule has 0 saturated heterocycles. The number of carbonyl (C=O) groups excluding carboxylic acids is 2. The number of hydrogen-bond acceptors (Lipinski definition) is 7. The number of thiophene rings is 1. The highest BCUT2D eigenvalue weighted by Crippen LogP contribution is 2.26. The Morgan fingerprint density at radius 1 is 1.34 bits per heavy atom. The Kier molecular flexibility index (Phi) is 9.12. The summed E-state index contributed by atoms with van der Waals surface area (Å²) in [5, 5.41) is 6.43. The maximum absolute atomic E-state index is 13.1. The van der Waals surface area contributed by atoms with E-state index in [4.69, 9.17) is 4.74 Å². The van der Waals surface area contributed by atoms with E-state index in [0.717, 1.165) is 30.6 Å². The van der Waals surface area contributed by atoms with Crippen LogP contribution in [0.2, 0.25) is 0 Å². The molecule has 0 aromatic carbocycles. The van der Waals surface area contributed by atoms with Crippen molar-refractivity contribution < 1.29 is 14.3 Å². The minimum Gasteiger partial charge on any atom is -0.385 e. The molecule has 1 fully saturated rings. The summed E-state index contributed by atoms with van der Waals surface area (Å²) in [6.45, 7) is 5.15. The number of amides is 3. The van der Waals surface area contributed by atoms with Gasteiger partial charge in [0.1, 0.15) is 4.83 Å². The molecule has 2 aromatic rings. The molecule has 3 amide bonds. The summed E-state index contributed by atoms with van der Waals surface area (Å²) < 4.78 is 6.72. The van der Waals surface area contributed by atoms with Crippen molar-refractivity contribution in [2.24, 2.45) is 5.92 Å². The molecule has 0 unspecified atom stereocenters. The van der Waals surface area contributed by atoms with E-state index < -0.39 is 11.9 Å². The highest BCUT2D eigenvalue weighted by molar-refractivity contribution is 7.99. The highest BCUT2D eigenvalue weighted by atomic mass is 32.2. The first-order valence-corrected chi connectivity index (χ1v) is 13.0. The Morgan fingerprint density at radius 3 is 2.84 bits per heavy atom. The van der Waals surface area contributed by atoms with Crippen LogP contribution in [0.25, 0.3) is 10.2 Å². The van der Waals surface area contributed by atoms with Crippen molar-refractivity contribution in [2.75, 3.05) is 19.5 Å². The lowest BCUT2D eigenvalue weighted by Crippen LogP contribution is -2.48. The smallest absolute Gasteiger partial charge is 0.321 e. The number of carbonyl (C=O) groups is 2. The second kappa shape index (κ2) is 11.8. The third-order valence-corrected chi connectivity index (χ3v) is 7.91. The number of fused-ring (bicyclic) bond motifs is 1. The lowest BCUT2D eigenvalue weighted by molar-refractivity contribution is -0.117. The Hall–Kier alpha value is -1.91. The molecule has 1 aliphatic carbocycles. The van der Waals surface area contributed by atoms with Gasteiger partial charge in [0, 0.05) is 31.2 Å². The van der Waals surface area contributed by atoms with Crippen molar-refractivity contribution in [3.05, 3.63) is 21.3 Å². The standard InChI is InChI=1S/C22H32N4O4S2/c1-4-15-12-16-19(32-15)25-22(26(20(16)28)10-7-11-30-3)31-13-18(27)24-21(29)23-17-9-6-5-8-14(17)2/h12,14,17H,4-11,13H2,1-3H3,(H2,23,24,27,29)/t14-,17+/m1/s1. The number of ether oxygens (including phenoxy) is 1. The summed E-state index contributed by atoms with van der Waals surface area (Å²) in [6.07, 6.45) is 5.81. The van der Waals surface area contributed by atoms with Crippen molar-refractivity contribution >= 4 is 45.3 Å². The fraction of sp³-hybridized carbons (Fsp3) is 0.636. The first-order chi connectivity index (χ1) is 15.4. The van der Waals surface area contributed by atoms with Crippen LogP contribution in [-0.2, 0) is 22.5 Å². The predicted molar refractivity (Wildman–Crippen MR) is 129 cm³/mol. The van der Waals surface area contributed by atoms with Gasteiger partial charge in [0.05, 0.1) is 11.1 Å².